The Morgan fingerprint density at radius 3 is 2.71 bits per heavy atom. The molecule has 4 heteroatoms. The van der Waals surface area contributed by atoms with Gasteiger partial charge in [0.2, 0.25) is 0 Å². The van der Waals surface area contributed by atoms with Crippen molar-refractivity contribution in [2.75, 3.05) is 0 Å². The lowest BCUT2D eigenvalue weighted by atomic mass is 9.90. The first-order valence-corrected chi connectivity index (χ1v) is 6.17. The van der Waals surface area contributed by atoms with E-state index in [0.29, 0.717) is 6.42 Å². The van der Waals surface area contributed by atoms with Crippen molar-refractivity contribution in [3.8, 4) is 0 Å². The molecule has 92 valence electrons. The number of rotatable bonds is 5. The highest BCUT2D eigenvalue weighted by Crippen LogP contribution is 2.24. The van der Waals surface area contributed by atoms with Crippen molar-refractivity contribution in [3.05, 3.63) is 24.2 Å². The molecule has 17 heavy (non-hydrogen) atoms. The van der Waals surface area contributed by atoms with E-state index in [-0.39, 0.29) is 0 Å². The highest BCUT2D eigenvalue weighted by Gasteiger charge is 2.24. The molecule has 2 aromatic rings. The van der Waals surface area contributed by atoms with Crippen LogP contribution in [-0.2, 0) is 6.42 Å². The van der Waals surface area contributed by atoms with Gasteiger partial charge < -0.3 is 10.1 Å². The third kappa shape index (κ3) is 2.64. The molecular formula is C13H19N3O. The zero-order chi connectivity index (χ0) is 12.3. The summed E-state index contributed by atoms with van der Waals surface area (Å²) in [6.07, 6.45) is 6.70. The molecule has 0 aliphatic heterocycles. The fourth-order valence-corrected chi connectivity index (χ4v) is 2.25. The lowest BCUT2D eigenvalue weighted by Gasteiger charge is -2.25. The Hall–Kier alpha value is -1.42. The van der Waals surface area contributed by atoms with Crippen LogP contribution in [0.15, 0.2) is 18.5 Å². The van der Waals surface area contributed by atoms with Gasteiger partial charge in [-0.3, -0.25) is 0 Å². The van der Waals surface area contributed by atoms with Crippen LogP contribution in [0.4, 0.5) is 0 Å². The summed E-state index contributed by atoms with van der Waals surface area (Å²) in [4.78, 5) is 3.28. The van der Waals surface area contributed by atoms with Gasteiger partial charge in [0.1, 0.15) is 0 Å². The van der Waals surface area contributed by atoms with E-state index in [4.69, 9.17) is 0 Å². The van der Waals surface area contributed by atoms with Crippen LogP contribution in [0.25, 0.3) is 10.9 Å². The molecule has 0 aliphatic rings. The number of fused-ring (bicyclic) bond motifs is 1. The van der Waals surface area contributed by atoms with Crippen LogP contribution in [-0.4, -0.2) is 25.9 Å². The molecule has 2 N–H and O–H groups in total. The number of nitrogens with zero attached hydrogens (tertiary/aromatic N) is 2. The normalized spacial score (nSPS) is 15.0. The van der Waals surface area contributed by atoms with E-state index in [1.54, 1.807) is 12.4 Å². The van der Waals surface area contributed by atoms with E-state index in [2.05, 4.69) is 22.1 Å². The number of hydrogen-bond donors (Lipinski definition) is 2. The maximum Gasteiger partial charge on any atom is 0.0737 e. The highest BCUT2D eigenvalue weighted by molar-refractivity contribution is 5.78. The smallest absolute Gasteiger partial charge is 0.0737 e. The highest BCUT2D eigenvalue weighted by atomic mass is 16.3. The van der Waals surface area contributed by atoms with Crippen molar-refractivity contribution in [2.24, 2.45) is 0 Å². The van der Waals surface area contributed by atoms with Crippen LogP contribution < -0.4 is 0 Å². The van der Waals surface area contributed by atoms with E-state index in [9.17, 15) is 5.11 Å². The molecule has 2 heterocycles. The SMILES string of the molecule is CCCC(O)(CC)Cc1cc2cnncc2[nH]1. The maximum atomic E-state index is 10.4. The molecular weight excluding hydrogens is 214 g/mol. The molecule has 0 amide bonds. The Labute approximate surface area is 101 Å². The average Bonchev–Trinajstić information content (AvgIpc) is 2.71. The van der Waals surface area contributed by atoms with E-state index < -0.39 is 5.60 Å². The minimum absolute atomic E-state index is 0.601. The fraction of sp³-hybridized carbons (Fsp3) is 0.538. The number of H-pyrrole nitrogens is 1. The summed E-state index contributed by atoms with van der Waals surface area (Å²) >= 11 is 0. The van der Waals surface area contributed by atoms with Gasteiger partial charge >= 0.3 is 0 Å². The first-order chi connectivity index (χ1) is 8.17. The van der Waals surface area contributed by atoms with Crippen LogP contribution in [0, 0.1) is 0 Å². The Bertz CT molecular complexity index is 461. The molecule has 0 saturated heterocycles. The summed E-state index contributed by atoms with van der Waals surface area (Å²) in [6, 6.07) is 2.04. The zero-order valence-electron chi connectivity index (χ0n) is 10.4. The topological polar surface area (TPSA) is 61.8 Å². The predicted molar refractivity (Wildman–Crippen MR) is 67.7 cm³/mol. The molecule has 0 aromatic carbocycles. The second kappa shape index (κ2) is 4.84. The summed E-state index contributed by atoms with van der Waals surface area (Å²) in [7, 11) is 0. The molecule has 0 bridgehead atoms. The number of nitrogens with one attached hydrogen (secondary N) is 1. The lowest BCUT2D eigenvalue weighted by molar-refractivity contribution is 0.0263. The third-order valence-electron chi connectivity index (χ3n) is 3.28. The van der Waals surface area contributed by atoms with Crippen LogP contribution in [0.1, 0.15) is 38.8 Å². The molecule has 0 fully saturated rings. The molecule has 2 rings (SSSR count). The standard InChI is InChI=1S/C13H19N3O/c1-3-5-13(17,4-2)7-11-6-10-8-14-15-9-12(10)16-11/h6,8-9,16-17H,3-5,7H2,1-2H3. The van der Waals surface area contributed by atoms with Gasteiger partial charge in [0.05, 0.1) is 23.5 Å². The summed E-state index contributed by atoms with van der Waals surface area (Å²) < 4.78 is 0. The van der Waals surface area contributed by atoms with Crippen LogP contribution in [0.3, 0.4) is 0 Å². The van der Waals surface area contributed by atoms with Crippen molar-refractivity contribution in [2.45, 2.75) is 45.1 Å². The molecule has 2 aromatic heterocycles. The van der Waals surface area contributed by atoms with Gasteiger partial charge in [0.25, 0.3) is 0 Å². The van der Waals surface area contributed by atoms with Gasteiger partial charge in [-0.05, 0) is 18.9 Å². The summed E-state index contributed by atoms with van der Waals surface area (Å²) in [5.74, 6) is 0. The van der Waals surface area contributed by atoms with E-state index in [1.165, 1.54) is 0 Å². The van der Waals surface area contributed by atoms with Gasteiger partial charge in [0.15, 0.2) is 0 Å². The van der Waals surface area contributed by atoms with Crippen molar-refractivity contribution in [1.82, 2.24) is 15.2 Å². The van der Waals surface area contributed by atoms with Gasteiger partial charge in [-0.25, -0.2) is 0 Å². The van der Waals surface area contributed by atoms with Crippen LogP contribution in [0.5, 0.6) is 0 Å². The molecule has 1 atom stereocenters. The minimum Gasteiger partial charge on any atom is -0.389 e. The van der Waals surface area contributed by atoms with Crippen molar-refractivity contribution < 1.29 is 5.11 Å². The van der Waals surface area contributed by atoms with Crippen LogP contribution >= 0.6 is 0 Å². The second-order valence-corrected chi connectivity index (χ2v) is 4.66. The van der Waals surface area contributed by atoms with E-state index in [0.717, 1.165) is 35.9 Å². The molecule has 0 radical (unpaired) electrons. The third-order valence-corrected chi connectivity index (χ3v) is 3.28. The lowest BCUT2D eigenvalue weighted by Crippen LogP contribution is -2.30. The molecule has 0 aliphatic carbocycles. The van der Waals surface area contributed by atoms with E-state index >= 15 is 0 Å². The van der Waals surface area contributed by atoms with Gasteiger partial charge in [-0.1, -0.05) is 20.3 Å². The first kappa shape index (κ1) is 12.0. The first-order valence-electron chi connectivity index (χ1n) is 6.17. The quantitative estimate of drug-likeness (QED) is 0.833. The van der Waals surface area contributed by atoms with Gasteiger partial charge in [-0.15, -0.1) is 0 Å². The maximum absolute atomic E-state index is 10.4. The zero-order valence-corrected chi connectivity index (χ0v) is 10.4. The molecule has 1 unspecified atom stereocenters. The Morgan fingerprint density at radius 2 is 2.06 bits per heavy atom. The largest absolute Gasteiger partial charge is 0.389 e. The molecule has 4 nitrogen and oxygen atoms in total. The number of aromatic amines is 1. The molecule has 0 saturated carbocycles. The van der Waals surface area contributed by atoms with Gasteiger partial charge in [0, 0.05) is 17.5 Å². The monoisotopic (exact) mass is 233 g/mol. The summed E-state index contributed by atoms with van der Waals surface area (Å²) in [6.45, 7) is 4.13. The fourth-order valence-electron chi connectivity index (χ4n) is 2.25. The number of aliphatic hydroxyl groups is 1. The van der Waals surface area contributed by atoms with Crippen molar-refractivity contribution >= 4 is 10.9 Å². The average molecular weight is 233 g/mol. The van der Waals surface area contributed by atoms with Crippen LogP contribution in [0.2, 0.25) is 0 Å². The van der Waals surface area contributed by atoms with Crippen molar-refractivity contribution in [1.29, 1.82) is 0 Å². The number of hydrogen-bond acceptors (Lipinski definition) is 3. The second-order valence-electron chi connectivity index (χ2n) is 4.66. The summed E-state index contributed by atoms with van der Waals surface area (Å²) in [5.41, 5.74) is 1.42. The minimum atomic E-state index is -0.601. The van der Waals surface area contributed by atoms with Crippen molar-refractivity contribution in [3.63, 3.8) is 0 Å². The number of aromatic nitrogens is 3. The molecule has 0 spiro atoms. The Kier molecular flexibility index (Phi) is 3.43. The Morgan fingerprint density at radius 1 is 1.29 bits per heavy atom. The van der Waals surface area contributed by atoms with E-state index in [1.807, 2.05) is 13.0 Å². The van der Waals surface area contributed by atoms with Gasteiger partial charge in [-0.2, -0.15) is 10.2 Å². The summed E-state index contributed by atoms with van der Waals surface area (Å²) in [5, 5.41) is 19.2. The predicted octanol–water partition coefficient (Wildman–Crippen LogP) is 2.44. The Balaban J connectivity index is 2.22.